The lowest BCUT2D eigenvalue weighted by Gasteiger charge is -2.39. The molecule has 0 spiro atoms. The van der Waals surface area contributed by atoms with Gasteiger partial charge in [0.1, 0.15) is 84.8 Å². The Kier molecular flexibility index (Phi) is 24.2. The monoisotopic (exact) mass is 1610 g/mol. The molecule has 6 aromatic heterocycles. The van der Waals surface area contributed by atoms with Gasteiger partial charge in [-0.15, -0.1) is 45.3 Å². The number of hydrogen-bond donors (Lipinski definition) is 0. The van der Waals surface area contributed by atoms with Gasteiger partial charge in [-0.1, -0.05) is 258 Å². The molecule has 2 unspecified atom stereocenters. The SMILES string of the molecule is CCCCCCCCCCCCC1(CCCCCCCCCCCC)Oc2cc(-c3c4c(c(-c5cc6c(s5)-c5sc(-c7c8c(c(C)c9nc%10c(nc79)C(=O)c7ccccc7-%10)N=S=N8)cc5OC6(CCC(C)CCCC(C)C)CCC(C)CCCC(C)C)c5nc6c(nc35)C(=O)c3ccccc3-6)N=S=N4)sc2-c2sc(C)cc21. The minimum atomic E-state index is -0.724. The summed E-state index contributed by atoms with van der Waals surface area (Å²) in [5, 5.41) is 0. The van der Waals surface area contributed by atoms with Crippen molar-refractivity contribution in [3.63, 3.8) is 0 Å². The van der Waals surface area contributed by atoms with Gasteiger partial charge in [0, 0.05) is 75.1 Å². The molecule has 0 bridgehead atoms. The van der Waals surface area contributed by atoms with E-state index in [1.54, 1.807) is 34.0 Å². The van der Waals surface area contributed by atoms with Crippen molar-refractivity contribution in [2.24, 2.45) is 41.1 Å². The van der Waals surface area contributed by atoms with Gasteiger partial charge in [0.25, 0.3) is 0 Å². The first-order valence-electron chi connectivity index (χ1n) is 42.7. The van der Waals surface area contributed by atoms with E-state index in [1.165, 1.54) is 185 Å². The molecular weight excluding hydrogens is 1500 g/mol. The quantitative estimate of drug-likeness (QED) is 0.0345. The number of benzene rings is 4. The Morgan fingerprint density at radius 1 is 0.366 bits per heavy atom. The fourth-order valence-electron chi connectivity index (χ4n) is 18.5. The molecule has 0 N–H and O–H groups in total. The number of fused-ring (bicyclic) bond motifs is 16. The van der Waals surface area contributed by atoms with Gasteiger partial charge in [-0.05, 0) is 113 Å². The average Bonchev–Trinajstić information content (AvgIpc) is 1.53. The first-order chi connectivity index (χ1) is 54.5. The Morgan fingerprint density at radius 2 is 0.732 bits per heavy atom. The fourth-order valence-corrected chi connectivity index (χ4v) is 24.6. The van der Waals surface area contributed by atoms with E-state index in [0.717, 1.165) is 161 Å². The molecule has 0 amide bonds. The average molecular weight is 1610 g/mol. The molecule has 0 fully saturated rings. The standard InChI is InChI=1S/C94H110N8O4S6/c1-11-13-15-17-19-21-23-25-27-33-47-93(48-34-28-26-24-22-20-18-16-14-12-2)65-51-59(9)107-89(65)91-67(105-93)53-71(109-91)74-81-80(96-78-62-42-30-32-44-64(62)88(104)86(78)98-81)72(83-84(74)102-112-101-83)69-52-66-90(108-69)92-68(106-94(66,49-45-57(7)39-35-37-55(3)4)50-46-58(8)40-36-38-56(5)6)54-70(110-92)73-79-75(60(10)76-82(73)100-111-99-76)95-77-61-41-29-31-43-63(61)87(103)85(77)97-79/h29-32,41-44,51-58H,11-28,33-40,45-50H2,1-10H3. The van der Waals surface area contributed by atoms with Crippen LogP contribution in [-0.2, 0) is 33.9 Å². The Bertz CT molecular complexity index is 5340. The van der Waals surface area contributed by atoms with Crippen molar-refractivity contribution in [2.75, 3.05) is 0 Å². The number of rotatable bonds is 39. The lowest BCUT2D eigenvalue weighted by molar-refractivity contribution is 0.0324. The highest BCUT2D eigenvalue weighted by molar-refractivity contribution is 7.58. The van der Waals surface area contributed by atoms with Crippen molar-refractivity contribution >= 4 is 124 Å². The van der Waals surface area contributed by atoms with Crippen molar-refractivity contribution < 1.29 is 19.1 Å². The predicted octanol–water partition coefficient (Wildman–Crippen LogP) is 30.9. The highest BCUT2D eigenvalue weighted by atomic mass is 32.1. The van der Waals surface area contributed by atoms with Gasteiger partial charge >= 0.3 is 0 Å². The molecule has 2 atom stereocenters. The highest BCUT2D eigenvalue weighted by Crippen LogP contribution is 2.65. The Hall–Kier alpha value is -7.06. The molecular formula is C94H110N8O4S6. The van der Waals surface area contributed by atoms with Crippen LogP contribution in [0.2, 0.25) is 0 Å². The topological polar surface area (TPSA) is 154 Å². The number of thiophene rings is 4. The number of aryl methyl sites for hydroxylation is 2. The zero-order chi connectivity index (χ0) is 77.4. The maximum Gasteiger partial charge on any atom is 0.214 e. The molecule has 10 heterocycles. The van der Waals surface area contributed by atoms with Crippen LogP contribution < -0.4 is 9.47 Å². The van der Waals surface area contributed by atoms with Gasteiger partial charge in [0.15, 0.2) is 0 Å². The van der Waals surface area contributed by atoms with Crippen molar-refractivity contribution in [1.82, 2.24) is 19.9 Å². The third-order valence-corrected chi connectivity index (χ3v) is 30.7. The summed E-state index contributed by atoms with van der Waals surface area (Å²) in [7, 11) is 0. The van der Waals surface area contributed by atoms with E-state index in [9.17, 15) is 4.79 Å². The van der Waals surface area contributed by atoms with Crippen LogP contribution in [0.5, 0.6) is 11.5 Å². The Morgan fingerprint density at radius 3 is 1.20 bits per heavy atom. The van der Waals surface area contributed by atoms with Crippen LogP contribution in [0.1, 0.15) is 315 Å². The van der Waals surface area contributed by atoms with Crippen molar-refractivity contribution in [3.05, 3.63) is 117 Å². The van der Waals surface area contributed by atoms with Crippen LogP contribution >= 0.6 is 45.3 Å². The Balaban J connectivity index is 0.841. The molecule has 0 radical (unpaired) electrons. The number of unbranched alkanes of at least 4 members (excludes halogenated alkanes) is 18. The number of hydrogen-bond acceptors (Lipinski definition) is 16. The Labute approximate surface area is 686 Å². The summed E-state index contributed by atoms with van der Waals surface area (Å²) in [5.41, 5.74) is 15.2. The third kappa shape index (κ3) is 15.5. The van der Waals surface area contributed by atoms with E-state index in [-0.39, 0.29) is 11.6 Å². The molecule has 4 aliphatic heterocycles. The number of carbonyl (C=O) groups is 2. The molecule has 2 aliphatic carbocycles. The molecule has 6 aliphatic rings. The van der Waals surface area contributed by atoms with Gasteiger partial charge in [0.2, 0.25) is 11.6 Å². The van der Waals surface area contributed by atoms with Crippen LogP contribution in [0, 0.1) is 37.5 Å². The lowest BCUT2D eigenvalue weighted by atomic mass is 9.78. The minimum absolute atomic E-state index is 0.120. The third-order valence-electron chi connectivity index (χ3n) is 24.8. The maximum atomic E-state index is 15.0. The van der Waals surface area contributed by atoms with Crippen LogP contribution in [0.4, 0.5) is 22.7 Å². The second kappa shape index (κ2) is 34.4. The van der Waals surface area contributed by atoms with E-state index in [0.29, 0.717) is 79.6 Å². The van der Waals surface area contributed by atoms with Gasteiger partial charge in [-0.25, -0.2) is 19.9 Å². The van der Waals surface area contributed by atoms with Gasteiger partial charge in [-0.2, -0.15) is 17.5 Å². The van der Waals surface area contributed by atoms with Crippen LogP contribution in [0.25, 0.3) is 95.4 Å². The zero-order valence-electron chi connectivity index (χ0n) is 67.5. The number of aromatic nitrogens is 4. The zero-order valence-corrected chi connectivity index (χ0v) is 72.4. The molecule has 586 valence electrons. The van der Waals surface area contributed by atoms with Gasteiger partial charge < -0.3 is 9.47 Å². The van der Waals surface area contributed by atoms with Crippen LogP contribution in [0.3, 0.4) is 0 Å². The van der Waals surface area contributed by atoms with E-state index >= 15 is 4.79 Å². The highest BCUT2D eigenvalue weighted by Gasteiger charge is 2.47. The fraction of sp³-hybridized carbons (Fsp3) is 0.511. The van der Waals surface area contributed by atoms with Crippen molar-refractivity contribution in [2.45, 2.75) is 286 Å². The maximum absolute atomic E-state index is 15.0. The molecule has 16 rings (SSSR count). The van der Waals surface area contributed by atoms with Crippen molar-refractivity contribution in [3.8, 4) is 84.8 Å². The van der Waals surface area contributed by atoms with Crippen LogP contribution in [-0.4, -0.2) is 31.5 Å². The summed E-state index contributed by atoms with van der Waals surface area (Å²) in [6.45, 7) is 23.2. The lowest BCUT2D eigenvalue weighted by Crippen LogP contribution is -2.36. The van der Waals surface area contributed by atoms with Gasteiger partial charge in [0.05, 0.1) is 47.7 Å². The summed E-state index contributed by atoms with van der Waals surface area (Å²) in [4.78, 5) is 60.5. The summed E-state index contributed by atoms with van der Waals surface area (Å²) in [6.07, 6.45) is 38.5. The van der Waals surface area contributed by atoms with E-state index in [1.807, 2.05) is 59.9 Å². The molecule has 112 heavy (non-hydrogen) atoms. The normalized spacial score (nSPS) is 16.1. The molecule has 0 saturated carbocycles. The minimum Gasteiger partial charge on any atom is -0.481 e. The summed E-state index contributed by atoms with van der Waals surface area (Å²) in [5.74, 6) is 3.75. The second-order valence-electron chi connectivity index (χ2n) is 34.2. The molecule has 18 heteroatoms. The summed E-state index contributed by atoms with van der Waals surface area (Å²) >= 11 is 9.57. The molecule has 0 saturated heterocycles. The smallest absolute Gasteiger partial charge is 0.214 e. The molecule has 12 nitrogen and oxygen atoms in total. The largest absolute Gasteiger partial charge is 0.481 e. The molecule has 4 aromatic carbocycles. The van der Waals surface area contributed by atoms with Crippen LogP contribution in [0.15, 0.2) is 90.2 Å². The number of ether oxygens (including phenoxy) is 2. The van der Waals surface area contributed by atoms with E-state index in [4.69, 9.17) is 46.9 Å². The first kappa shape index (κ1) is 78.8. The first-order valence-corrected chi connectivity index (χ1v) is 47.5. The molecule has 10 aromatic rings. The van der Waals surface area contributed by atoms with Crippen molar-refractivity contribution in [1.29, 1.82) is 0 Å². The number of carbonyl (C=O) groups excluding carboxylic acids is 2. The summed E-state index contributed by atoms with van der Waals surface area (Å²) in [6, 6.07) is 25.0. The predicted molar refractivity (Wildman–Crippen MR) is 473 cm³/mol. The van der Waals surface area contributed by atoms with E-state index < -0.39 is 11.2 Å². The van der Waals surface area contributed by atoms with E-state index in [2.05, 4.69) is 93.5 Å². The number of nitrogens with zero attached hydrogens (tertiary/aromatic N) is 8. The summed E-state index contributed by atoms with van der Waals surface area (Å²) < 4.78 is 36.7. The number of ketones is 2. The second-order valence-corrected chi connectivity index (χ2v) is 39.7. The van der Waals surface area contributed by atoms with Gasteiger partial charge in [-0.3, -0.25) is 9.59 Å².